The van der Waals surface area contributed by atoms with Gasteiger partial charge in [0.05, 0.1) is 7.11 Å². The van der Waals surface area contributed by atoms with Crippen LogP contribution in [-0.4, -0.2) is 54.4 Å². The van der Waals surface area contributed by atoms with Gasteiger partial charge in [0.25, 0.3) is 0 Å². The molecule has 7 nitrogen and oxygen atoms in total. The van der Waals surface area contributed by atoms with Crippen molar-refractivity contribution in [1.82, 2.24) is 10.1 Å². The number of nitrogens with zero attached hydrogens (tertiary/aromatic N) is 2. The first-order valence-electron chi connectivity index (χ1n) is 9.13. The smallest absolute Gasteiger partial charge is 0.343 e. The van der Waals surface area contributed by atoms with Crippen molar-refractivity contribution in [3.8, 4) is 17.1 Å². The zero-order valence-electron chi connectivity index (χ0n) is 15.3. The second-order valence-electron chi connectivity index (χ2n) is 6.57. The molecular formula is C19H24FN3O4. The summed E-state index contributed by atoms with van der Waals surface area (Å²) in [5.74, 6) is -1.44. The van der Waals surface area contributed by atoms with Crippen LogP contribution in [0.4, 0.5) is 10.2 Å². The van der Waals surface area contributed by atoms with Gasteiger partial charge in [-0.2, -0.15) is 0 Å². The summed E-state index contributed by atoms with van der Waals surface area (Å²) in [4.78, 5) is 14.1. The topological polar surface area (TPSA) is 87.8 Å². The van der Waals surface area contributed by atoms with Crippen molar-refractivity contribution >= 4 is 11.8 Å². The van der Waals surface area contributed by atoms with Crippen molar-refractivity contribution in [2.75, 3.05) is 38.6 Å². The number of carboxylic acid groups (broad SMARTS) is 1. The number of carboxylic acids is 1. The average Bonchev–Trinajstić information content (AvgIpc) is 2.90. The Morgan fingerprint density at radius 2 is 2.07 bits per heavy atom. The molecule has 27 heavy (non-hydrogen) atoms. The maximum Gasteiger partial charge on any atom is 0.343 e. The van der Waals surface area contributed by atoms with Crippen molar-refractivity contribution in [3.63, 3.8) is 0 Å². The Hall–Kier alpha value is -2.61. The molecule has 3 rings (SSSR count). The second-order valence-corrected chi connectivity index (χ2v) is 6.57. The van der Waals surface area contributed by atoms with Gasteiger partial charge >= 0.3 is 5.97 Å². The van der Waals surface area contributed by atoms with Crippen molar-refractivity contribution in [3.05, 3.63) is 29.6 Å². The van der Waals surface area contributed by atoms with Crippen LogP contribution in [0.15, 0.2) is 22.7 Å². The van der Waals surface area contributed by atoms with Crippen molar-refractivity contribution in [2.45, 2.75) is 25.7 Å². The third-order valence-electron chi connectivity index (χ3n) is 4.74. The first-order chi connectivity index (χ1) is 13.1. The van der Waals surface area contributed by atoms with Gasteiger partial charge in [-0.3, -0.25) is 0 Å². The van der Waals surface area contributed by atoms with Crippen LogP contribution >= 0.6 is 0 Å². The fourth-order valence-corrected chi connectivity index (χ4v) is 3.30. The van der Waals surface area contributed by atoms with E-state index in [0.717, 1.165) is 19.6 Å². The molecule has 1 fully saturated rings. The number of halogens is 1. The Kier molecular flexibility index (Phi) is 6.28. The number of hydrogen-bond acceptors (Lipinski definition) is 6. The fraction of sp³-hybridized carbons (Fsp3) is 0.474. The lowest BCUT2D eigenvalue weighted by atomic mass is 10.1. The van der Waals surface area contributed by atoms with Gasteiger partial charge in [0, 0.05) is 18.7 Å². The maximum absolute atomic E-state index is 13.6. The molecule has 0 unspecified atom stereocenters. The third kappa shape index (κ3) is 4.57. The summed E-state index contributed by atoms with van der Waals surface area (Å²) >= 11 is 0. The van der Waals surface area contributed by atoms with E-state index in [9.17, 15) is 14.3 Å². The largest absolute Gasteiger partial charge is 0.494 e. The van der Waals surface area contributed by atoms with Gasteiger partial charge in [-0.15, -0.1) is 0 Å². The minimum Gasteiger partial charge on any atom is -0.494 e. The van der Waals surface area contributed by atoms with E-state index in [-0.39, 0.29) is 22.9 Å². The number of rotatable bonds is 7. The molecule has 0 radical (unpaired) electrons. The Morgan fingerprint density at radius 1 is 1.33 bits per heavy atom. The standard InChI is InChI=1S/C19H24FN3O4/c1-26-15-12-13(6-7-14(15)20)17-16(19(24)25)18(22-27-17)21-8-11-23-9-4-2-3-5-10-23/h6-7,12H,2-5,8-11H2,1H3,(H,21,22)(H,24,25). The van der Waals surface area contributed by atoms with Gasteiger partial charge in [0.1, 0.15) is 0 Å². The van der Waals surface area contributed by atoms with E-state index in [2.05, 4.69) is 15.4 Å². The van der Waals surface area contributed by atoms with E-state index >= 15 is 0 Å². The molecule has 2 heterocycles. The van der Waals surface area contributed by atoms with E-state index in [1.54, 1.807) is 0 Å². The van der Waals surface area contributed by atoms with Crippen LogP contribution in [0.2, 0.25) is 0 Å². The van der Waals surface area contributed by atoms with Gasteiger partial charge in [-0.25, -0.2) is 9.18 Å². The van der Waals surface area contributed by atoms with Gasteiger partial charge in [0.2, 0.25) is 0 Å². The van der Waals surface area contributed by atoms with Crippen LogP contribution < -0.4 is 10.1 Å². The summed E-state index contributed by atoms with van der Waals surface area (Å²) < 4.78 is 23.8. The maximum atomic E-state index is 13.6. The Labute approximate surface area is 157 Å². The molecule has 2 N–H and O–H groups in total. The van der Waals surface area contributed by atoms with Crippen LogP contribution in [-0.2, 0) is 0 Å². The zero-order chi connectivity index (χ0) is 19.2. The molecule has 1 aromatic heterocycles. The molecule has 1 aliphatic heterocycles. The Morgan fingerprint density at radius 3 is 2.74 bits per heavy atom. The summed E-state index contributed by atoms with van der Waals surface area (Å²) in [6.45, 7) is 3.50. The van der Waals surface area contributed by atoms with Crippen LogP contribution in [0, 0.1) is 5.82 Å². The lowest BCUT2D eigenvalue weighted by Crippen LogP contribution is -2.30. The molecule has 1 saturated heterocycles. The van der Waals surface area contributed by atoms with Gasteiger partial charge in [0.15, 0.2) is 28.7 Å². The SMILES string of the molecule is COc1cc(-c2onc(NCCN3CCCCCC3)c2C(=O)O)ccc1F. The molecule has 0 amide bonds. The predicted octanol–water partition coefficient (Wildman–Crippen LogP) is 3.48. The number of likely N-dealkylation sites (tertiary alicyclic amines) is 1. The lowest BCUT2D eigenvalue weighted by molar-refractivity contribution is 0.0698. The number of ether oxygens (including phenoxy) is 1. The van der Waals surface area contributed by atoms with E-state index in [1.165, 1.54) is 51.0 Å². The minimum absolute atomic E-state index is 0.0101. The summed E-state index contributed by atoms with van der Waals surface area (Å²) in [5.41, 5.74) is 0.318. The number of benzene rings is 1. The summed E-state index contributed by atoms with van der Waals surface area (Å²) in [5, 5.41) is 16.5. The molecule has 1 aliphatic rings. The molecule has 0 aliphatic carbocycles. The van der Waals surface area contributed by atoms with Crippen molar-refractivity contribution in [2.24, 2.45) is 0 Å². The average molecular weight is 377 g/mol. The predicted molar refractivity (Wildman–Crippen MR) is 98.8 cm³/mol. The molecule has 8 heteroatoms. The normalized spacial score (nSPS) is 15.3. The zero-order valence-corrected chi connectivity index (χ0v) is 15.3. The van der Waals surface area contributed by atoms with Crippen LogP contribution in [0.3, 0.4) is 0 Å². The molecule has 0 spiro atoms. The number of aromatic carboxylic acids is 1. The van der Waals surface area contributed by atoms with Crippen LogP contribution in [0.5, 0.6) is 5.75 Å². The molecule has 1 aromatic carbocycles. The van der Waals surface area contributed by atoms with Gasteiger partial charge < -0.3 is 24.6 Å². The number of carbonyl (C=O) groups is 1. The second kappa shape index (κ2) is 8.85. The van der Waals surface area contributed by atoms with Crippen LogP contribution in [0.1, 0.15) is 36.0 Å². The van der Waals surface area contributed by atoms with Gasteiger partial charge in [-0.05, 0) is 44.1 Å². The lowest BCUT2D eigenvalue weighted by Gasteiger charge is -2.19. The van der Waals surface area contributed by atoms with Crippen molar-refractivity contribution < 1.29 is 23.6 Å². The molecular weight excluding hydrogens is 353 g/mol. The summed E-state index contributed by atoms with van der Waals surface area (Å²) in [7, 11) is 1.34. The minimum atomic E-state index is -1.16. The molecule has 0 bridgehead atoms. The van der Waals surface area contributed by atoms with E-state index in [0.29, 0.717) is 12.1 Å². The molecule has 0 saturated carbocycles. The summed E-state index contributed by atoms with van der Waals surface area (Å²) in [6.07, 6.45) is 4.92. The highest BCUT2D eigenvalue weighted by molar-refractivity contribution is 5.99. The molecule has 0 atom stereocenters. The summed E-state index contributed by atoms with van der Waals surface area (Å²) in [6, 6.07) is 4.03. The first kappa shape index (κ1) is 19.2. The number of aromatic nitrogens is 1. The third-order valence-corrected chi connectivity index (χ3v) is 4.74. The highest BCUT2D eigenvalue weighted by Crippen LogP contribution is 2.32. The first-order valence-corrected chi connectivity index (χ1v) is 9.13. The van der Waals surface area contributed by atoms with Crippen LogP contribution in [0.25, 0.3) is 11.3 Å². The van der Waals surface area contributed by atoms with Crippen molar-refractivity contribution in [1.29, 1.82) is 0 Å². The Balaban J connectivity index is 1.74. The number of methoxy groups -OCH3 is 1. The van der Waals surface area contributed by atoms with E-state index < -0.39 is 11.8 Å². The molecule has 2 aromatic rings. The van der Waals surface area contributed by atoms with Gasteiger partial charge in [-0.1, -0.05) is 18.0 Å². The highest BCUT2D eigenvalue weighted by Gasteiger charge is 2.24. The molecule has 146 valence electrons. The monoisotopic (exact) mass is 377 g/mol. The number of nitrogens with one attached hydrogen (secondary N) is 1. The van der Waals surface area contributed by atoms with E-state index in [1.807, 2.05) is 0 Å². The number of hydrogen-bond donors (Lipinski definition) is 2. The highest BCUT2D eigenvalue weighted by atomic mass is 19.1. The van der Waals surface area contributed by atoms with E-state index in [4.69, 9.17) is 9.26 Å². The Bertz CT molecular complexity index is 785. The number of anilines is 1. The fourth-order valence-electron chi connectivity index (χ4n) is 3.30. The quantitative estimate of drug-likeness (QED) is 0.764.